The van der Waals surface area contributed by atoms with Crippen molar-refractivity contribution in [1.29, 1.82) is 0 Å². The van der Waals surface area contributed by atoms with Gasteiger partial charge in [-0.1, -0.05) is 36.4 Å². The van der Waals surface area contributed by atoms with Crippen LogP contribution < -0.4 is 11.1 Å². The molecule has 1 heterocycles. The summed E-state index contributed by atoms with van der Waals surface area (Å²) in [6.45, 7) is 7.13. The lowest BCUT2D eigenvalue weighted by Gasteiger charge is -2.27. The first-order chi connectivity index (χ1) is 10.0. The Hall–Kier alpha value is -2.01. The molecule has 2 amide bonds. The number of nitrogens with zero attached hydrogens (tertiary/aromatic N) is 1. The van der Waals surface area contributed by atoms with E-state index in [9.17, 15) is 4.79 Å². The molecule has 1 aliphatic heterocycles. The van der Waals surface area contributed by atoms with Gasteiger partial charge >= 0.3 is 6.03 Å². The van der Waals surface area contributed by atoms with Crippen LogP contribution in [0.4, 0.5) is 4.79 Å². The average molecular weight is 289 g/mol. The van der Waals surface area contributed by atoms with Gasteiger partial charge in [-0.15, -0.1) is 0 Å². The van der Waals surface area contributed by atoms with Crippen LogP contribution in [0.25, 0.3) is 0 Å². The molecule has 0 bridgehead atoms. The van der Waals surface area contributed by atoms with Gasteiger partial charge in [0.2, 0.25) is 0 Å². The Bertz CT molecular complexity index is 530. The number of methoxy groups -OCH3 is 1. The highest BCUT2D eigenvalue weighted by atomic mass is 16.5. The Morgan fingerprint density at radius 3 is 2.95 bits per heavy atom. The van der Waals surface area contributed by atoms with E-state index in [4.69, 9.17) is 10.5 Å². The Morgan fingerprint density at radius 1 is 1.57 bits per heavy atom. The van der Waals surface area contributed by atoms with Crippen molar-refractivity contribution < 1.29 is 9.53 Å². The van der Waals surface area contributed by atoms with Crippen molar-refractivity contribution in [3.05, 3.63) is 47.7 Å². The van der Waals surface area contributed by atoms with Crippen LogP contribution in [-0.2, 0) is 11.3 Å². The number of ether oxygens (including phenoxy) is 1. The van der Waals surface area contributed by atoms with Gasteiger partial charge in [0.15, 0.2) is 0 Å². The van der Waals surface area contributed by atoms with Crippen molar-refractivity contribution in [2.24, 2.45) is 5.73 Å². The molecule has 2 rings (SSSR count). The number of hydrogen-bond acceptors (Lipinski definition) is 3. The molecule has 1 aromatic carbocycles. The normalized spacial score (nSPS) is 21.0. The number of aryl methyl sites for hydroxylation is 1. The van der Waals surface area contributed by atoms with Gasteiger partial charge in [0.05, 0.1) is 13.2 Å². The molecule has 0 spiro atoms. The van der Waals surface area contributed by atoms with Gasteiger partial charge in [-0.25, -0.2) is 4.79 Å². The summed E-state index contributed by atoms with van der Waals surface area (Å²) in [5.74, 6) is 0.692. The van der Waals surface area contributed by atoms with Gasteiger partial charge in [-0.05, 0) is 18.9 Å². The minimum absolute atomic E-state index is 0.0555. The van der Waals surface area contributed by atoms with Crippen LogP contribution in [0.2, 0.25) is 0 Å². The van der Waals surface area contributed by atoms with Crippen LogP contribution in [0.15, 0.2) is 36.6 Å². The molecular formula is C16H23N3O2. The van der Waals surface area contributed by atoms with E-state index in [1.807, 2.05) is 25.1 Å². The SMILES string of the molecule is C=C(OC)C1CC(N(Cc2cccc(C)c2)C(N)=O)CN1. The topological polar surface area (TPSA) is 67.6 Å². The number of carbonyl (C=O) groups is 1. The minimum Gasteiger partial charge on any atom is -0.500 e. The first-order valence-electron chi connectivity index (χ1n) is 7.09. The van der Waals surface area contributed by atoms with E-state index >= 15 is 0 Å². The average Bonchev–Trinajstić information content (AvgIpc) is 2.93. The van der Waals surface area contributed by atoms with Crippen molar-refractivity contribution in [3.8, 4) is 0 Å². The Balaban J connectivity index is 2.06. The van der Waals surface area contributed by atoms with Crippen LogP contribution in [0.5, 0.6) is 0 Å². The molecule has 2 atom stereocenters. The van der Waals surface area contributed by atoms with Crippen LogP contribution in [0.1, 0.15) is 17.5 Å². The maximum atomic E-state index is 11.8. The monoisotopic (exact) mass is 289 g/mol. The molecule has 0 aromatic heterocycles. The molecule has 1 fully saturated rings. The van der Waals surface area contributed by atoms with Crippen molar-refractivity contribution in [2.45, 2.75) is 32.0 Å². The molecule has 1 aliphatic rings. The first-order valence-corrected chi connectivity index (χ1v) is 7.09. The first kappa shape index (κ1) is 15.4. The number of nitrogens with one attached hydrogen (secondary N) is 1. The van der Waals surface area contributed by atoms with Crippen molar-refractivity contribution in [1.82, 2.24) is 10.2 Å². The predicted molar refractivity (Wildman–Crippen MR) is 82.7 cm³/mol. The van der Waals surface area contributed by atoms with E-state index in [2.05, 4.69) is 18.0 Å². The highest BCUT2D eigenvalue weighted by Crippen LogP contribution is 2.20. The summed E-state index contributed by atoms with van der Waals surface area (Å²) in [5, 5.41) is 3.32. The number of rotatable bonds is 5. The predicted octanol–water partition coefficient (Wildman–Crippen LogP) is 1.77. The van der Waals surface area contributed by atoms with Gasteiger partial charge < -0.3 is 20.7 Å². The second-order valence-electron chi connectivity index (χ2n) is 5.48. The number of primary amides is 1. The van der Waals surface area contributed by atoms with Crippen molar-refractivity contribution in [2.75, 3.05) is 13.7 Å². The number of amides is 2. The van der Waals surface area contributed by atoms with E-state index in [0.717, 1.165) is 12.0 Å². The lowest BCUT2D eigenvalue weighted by molar-refractivity contribution is 0.182. The van der Waals surface area contributed by atoms with Gasteiger partial charge in [0, 0.05) is 19.1 Å². The highest BCUT2D eigenvalue weighted by Gasteiger charge is 2.32. The molecule has 2 unspecified atom stereocenters. The smallest absolute Gasteiger partial charge is 0.315 e. The van der Waals surface area contributed by atoms with E-state index in [-0.39, 0.29) is 12.1 Å². The lowest BCUT2D eigenvalue weighted by atomic mass is 10.1. The standard InChI is InChI=1S/C16H23N3O2/c1-11-5-4-6-13(7-11)10-19(16(17)20)14-8-15(18-9-14)12(2)21-3/h4-7,14-15,18H,2,8-10H2,1,3H3,(H2,17,20). The minimum atomic E-state index is -0.396. The Morgan fingerprint density at radius 2 is 2.33 bits per heavy atom. The molecular weight excluding hydrogens is 266 g/mol. The number of benzene rings is 1. The third-order valence-electron chi connectivity index (χ3n) is 3.92. The van der Waals surface area contributed by atoms with Crippen LogP contribution in [0.3, 0.4) is 0 Å². The maximum Gasteiger partial charge on any atom is 0.315 e. The molecule has 114 valence electrons. The maximum absolute atomic E-state index is 11.8. The second-order valence-corrected chi connectivity index (χ2v) is 5.48. The molecule has 5 nitrogen and oxygen atoms in total. The van der Waals surface area contributed by atoms with Crippen molar-refractivity contribution in [3.63, 3.8) is 0 Å². The van der Waals surface area contributed by atoms with Gasteiger partial charge in [0.25, 0.3) is 0 Å². The summed E-state index contributed by atoms with van der Waals surface area (Å²) in [7, 11) is 1.61. The third kappa shape index (κ3) is 3.76. The zero-order valence-corrected chi connectivity index (χ0v) is 12.6. The third-order valence-corrected chi connectivity index (χ3v) is 3.92. The quantitative estimate of drug-likeness (QED) is 0.812. The van der Waals surface area contributed by atoms with E-state index in [1.54, 1.807) is 12.0 Å². The summed E-state index contributed by atoms with van der Waals surface area (Å²) in [6.07, 6.45) is 0.765. The summed E-state index contributed by atoms with van der Waals surface area (Å²) in [5.41, 5.74) is 7.82. The largest absolute Gasteiger partial charge is 0.500 e. The fourth-order valence-corrected chi connectivity index (χ4v) is 2.74. The van der Waals surface area contributed by atoms with Crippen LogP contribution in [-0.4, -0.2) is 36.7 Å². The Kier molecular flexibility index (Phi) is 4.85. The molecule has 0 aliphatic carbocycles. The van der Waals surface area contributed by atoms with Gasteiger partial charge in [-0.2, -0.15) is 0 Å². The number of hydrogen-bond donors (Lipinski definition) is 2. The zero-order valence-electron chi connectivity index (χ0n) is 12.6. The van der Waals surface area contributed by atoms with E-state index in [1.165, 1.54) is 5.56 Å². The summed E-state index contributed by atoms with van der Waals surface area (Å²) >= 11 is 0. The Labute approximate surface area is 125 Å². The van der Waals surface area contributed by atoms with Gasteiger partial charge in [0.1, 0.15) is 5.76 Å². The fraction of sp³-hybridized carbons (Fsp3) is 0.438. The molecule has 5 heteroatoms. The van der Waals surface area contributed by atoms with E-state index in [0.29, 0.717) is 18.8 Å². The summed E-state index contributed by atoms with van der Waals surface area (Å²) < 4.78 is 5.17. The summed E-state index contributed by atoms with van der Waals surface area (Å²) in [4.78, 5) is 13.5. The van der Waals surface area contributed by atoms with Crippen molar-refractivity contribution >= 4 is 6.03 Å². The lowest BCUT2D eigenvalue weighted by Crippen LogP contribution is -2.44. The number of carbonyl (C=O) groups excluding carboxylic acids is 1. The highest BCUT2D eigenvalue weighted by molar-refractivity contribution is 5.72. The number of nitrogens with two attached hydrogens (primary N) is 1. The molecule has 0 saturated carbocycles. The zero-order chi connectivity index (χ0) is 15.4. The van der Waals surface area contributed by atoms with Gasteiger partial charge in [-0.3, -0.25) is 0 Å². The molecule has 0 radical (unpaired) electrons. The van der Waals surface area contributed by atoms with Crippen LogP contribution >= 0.6 is 0 Å². The van der Waals surface area contributed by atoms with E-state index < -0.39 is 6.03 Å². The summed E-state index contributed by atoms with van der Waals surface area (Å²) in [6, 6.07) is 7.84. The molecule has 1 saturated heterocycles. The molecule has 1 aromatic rings. The molecule has 21 heavy (non-hydrogen) atoms. The fourth-order valence-electron chi connectivity index (χ4n) is 2.74. The molecule has 3 N–H and O–H groups in total. The van der Waals surface area contributed by atoms with Crippen LogP contribution in [0, 0.1) is 6.92 Å². The number of urea groups is 1. The second kappa shape index (κ2) is 6.63.